The molecule has 0 unspecified atom stereocenters. The van der Waals surface area contributed by atoms with Crippen LogP contribution in [0.15, 0.2) is 52.9 Å². The average molecular weight is 360 g/mol. The van der Waals surface area contributed by atoms with Gasteiger partial charge in [-0.15, -0.1) is 11.3 Å². The highest BCUT2D eigenvalue weighted by Crippen LogP contribution is 2.21. The Hall–Kier alpha value is -3.00. The molecule has 0 amide bonds. The van der Waals surface area contributed by atoms with Gasteiger partial charge in [-0.3, -0.25) is 5.43 Å². The molecule has 3 aromatic rings. The van der Waals surface area contributed by atoms with Crippen molar-refractivity contribution in [3.8, 4) is 5.75 Å². The van der Waals surface area contributed by atoms with Crippen LogP contribution in [0.1, 0.15) is 11.1 Å². The molecule has 128 valence electrons. The molecule has 8 heteroatoms. The van der Waals surface area contributed by atoms with Crippen molar-refractivity contribution in [2.45, 2.75) is 6.61 Å². The van der Waals surface area contributed by atoms with Crippen LogP contribution in [0.25, 0.3) is 0 Å². The number of hydrazone groups is 1. The lowest BCUT2D eigenvalue weighted by atomic mass is 10.2. The van der Waals surface area contributed by atoms with Crippen molar-refractivity contribution in [1.29, 1.82) is 0 Å². The first kappa shape index (κ1) is 16.8. The minimum Gasteiger partial charge on any atom is -0.488 e. The predicted molar refractivity (Wildman–Crippen MR) is 94.9 cm³/mol. The number of hydrogen-bond donors (Lipinski definition) is 2. The molecule has 1 aromatic heterocycles. The highest BCUT2D eigenvalue weighted by atomic mass is 32.1. The fourth-order valence-electron chi connectivity index (χ4n) is 2.01. The van der Waals surface area contributed by atoms with E-state index in [1.165, 1.54) is 41.8 Å². The van der Waals surface area contributed by atoms with Gasteiger partial charge in [-0.1, -0.05) is 18.2 Å². The molecule has 0 aliphatic carbocycles. The minimum absolute atomic E-state index is 0.0204. The predicted octanol–water partition coefficient (Wildman–Crippen LogP) is 4.03. The summed E-state index contributed by atoms with van der Waals surface area (Å²) < 4.78 is 32.7. The molecule has 0 spiro atoms. The lowest BCUT2D eigenvalue weighted by Crippen LogP contribution is -2.01. The number of halogens is 2. The maximum absolute atomic E-state index is 13.7. The van der Waals surface area contributed by atoms with Crippen molar-refractivity contribution in [2.75, 3.05) is 11.2 Å². The molecule has 0 aliphatic rings. The number of thiazole rings is 1. The summed E-state index contributed by atoms with van der Waals surface area (Å²) >= 11 is 1.31. The maximum Gasteiger partial charge on any atom is 0.205 e. The summed E-state index contributed by atoms with van der Waals surface area (Å²) in [7, 11) is 0. The zero-order valence-corrected chi connectivity index (χ0v) is 13.8. The van der Waals surface area contributed by atoms with E-state index < -0.39 is 5.82 Å². The molecule has 0 radical (unpaired) electrons. The van der Waals surface area contributed by atoms with E-state index in [1.54, 1.807) is 23.6 Å². The molecule has 5 nitrogen and oxygen atoms in total. The number of nitrogens with two attached hydrogens (primary N) is 1. The maximum atomic E-state index is 13.7. The third-order valence-electron chi connectivity index (χ3n) is 3.20. The summed E-state index contributed by atoms with van der Waals surface area (Å²) in [5.74, 6) is -0.177. The Morgan fingerprint density at radius 2 is 2.08 bits per heavy atom. The number of aromatic nitrogens is 1. The van der Waals surface area contributed by atoms with Crippen LogP contribution in [0.3, 0.4) is 0 Å². The number of anilines is 2. The molecule has 0 aliphatic heterocycles. The van der Waals surface area contributed by atoms with Gasteiger partial charge in [0.15, 0.2) is 0 Å². The standard InChI is InChI=1S/C17H14F2N4OS/c18-13-6-5-11(8-21-23-17-22-16(20)10-25-17)15(7-13)24-9-12-3-1-2-4-14(12)19/h1-8,10H,9,20H2,(H,22,23). The van der Waals surface area contributed by atoms with Crippen LogP contribution in [0, 0.1) is 11.6 Å². The van der Waals surface area contributed by atoms with Crippen LogP contribution in [0.4, 0.5) is 19.7 Å². The number of nitrogen functional groups attached to an aromatic ring is 1. The van der Waals surface area contributed by atoms with Crippen molar-refractivity contribution < 1.29 is 13.5 Å². The molecule has 0 atom stereocenters. The second-order valence-corrected chi connectivity index (χ2v) is 5.87. The van der Waals surface area contributed by atoms with E-state index in [0.29, 0.717) is 22.1 Å². The second kappa shape index (κ2) is 7.71. The van der Waals surface area contributed by atoms with E-state index in [4.69, 9.17) is 10.5 Å². The Bertz CT molecular complexity index is 898. The van der Waals surface area contributed by atoms with Crippen molar-refractivity contribution in [3.63, 3.8) is 0 Å². The highest BCUT2D eigenvalue weighted by Gasteiger charge is 2.07. The largest absolute Gasteiger partial charge is 0.488 e. The van der Waals surface area contributed by atoms with Gasteiger partial charge in [0.2, 0.25) is 5.13 Å². The molecular weight excluding hydrogens is 346 g/mol. The SMILES string of the molecule is Nc1csc(NN=Cc2ccc(F)cc2OCc2ccccc2F)n1. The summed E-state index contributed by atoms with van der Waals surface area (Å²) in [5, 5.41) is 6.24. The topological polar surface area (TPSA) is 72.5 Å². The molecule has 0 bridgehead atoms. The summed E-state index contributed by atoms with van der Waals surface area (Å²) in [5.41, 5.74) is 9.17. The third-order valence-corrected chi connectivity index (χ3v) is 3.97. The van der Waals surface area contributed by atoms with Crippen molar-refractivity contribution >= 4 is 28.5 Å². The molecule has 0 saturated heterocycles. The number of ether oxygens (including phenoxy) is 1. The smallest absolute Gasteiger partial charge is 0.205 e. The van der Waals surface area contributed by atoms with Crippen LogP contribution in [0.2, 0.25) is 0 Å². The normalized spacial score (nSPS) is 11.0. The summed E-state index contributed by atoms with van der Waals surface area (Å²) in [6.45, 7) is -0.0204. The number of nitrogens with zero attached hydrogens (tertiary/aromatic N) is 2. The van der Waals surface area contributed by atoms with Crippen LogP contribution in [-0.4, -0.2) is 11.2 Å². The third kappa shape index (κ3) is 4.51. The fraction of sp³-hybridized carbons (Fsp3) is 0.0588. The molecule has 1 heterocycles. The first-order valence-electron chi connectivity index (χ1n) is 7.27. The van der Waals surface area contributed by atoms with E-state index in [1.807, 2.05) is 0 Å². The summed E-state index contributed by atoms with van der Waals surface area (Å²) in [6, 6.07) is 10.3. The first-order valence-corrected chi connectivity index (χ1v) is 8.15. The van der Waals surface area contributed by atoms with Gasteiger partial charge in [-0.2, -0.15) is 5.10 Å². The Kier molecular flexibility index (Phi) is 5.20. The van der Waals surface area contributed by atoms with E-state index in [0.717, 1.165) is 0 Å². The van der Waals surface area contributed by atoms with Gasteiger partial charge in [0.05, 0.1) is 6.21 Å². The van der Waals surface area contributed by atoms with E-state index in [2.05, 4.69) is 15.5 Å². The van der Waals surface area contributed by atoms with Crippen molar-refractivity contribution in [3.05, 3.63) is 70.6 Å². The number of rotatable bonds is 6. The van der Waals surface area contributed by atoms with Crippen LogP contribution in [-0.2, 0) is 6.61 Å². The second-order valence-electron chi connectivity index (χ2n) is 5.01. The molecule has 3 N–H and O–H groups in total. The van der Waals surface area contributed by atoms with E-state index >= 15 is 0 Å². The molecule has 0 fully saturated rings. The number of benzene rings is 2. The summed E-state index contributed by atoms with van der Waals surface area (Å²) in [6.07, 6.45) is 1.47. The van der Waals surface area contributed by atoms with Gasteiger partial charge in [0, 0.05) is 22.6 Å². The van der Waals surface area contributed by atoms with Gasteiger partial charge in [0.1, 0.15) is 29.8 Å². The highest BCUT2D eigenvalue weighted by molar-refractivity contribution is 7.14. The summed E-state index contributed by atoms with van der Waals surface area (Å²) in [4.78, 5) is 4.00. The Morgan fingerprint density at radius 1 is 1.24 bits per heavy atom. The molecule has 3 rings (SSSR count). The zero-order chi connectivity index (χ0) is 17.6. The van der Waals surface area contributed by atoms with E-state index in [-0.39, 0.29) is 18.2 Å². The monoisotopic (exact) mass is 360 g/mol. The van der Waals surface area contributed by atoms with Crippen molar-refractivity contribution in [2.24, 2.45) is 5.10 Å². The minimum atomic E-state index is -0.457. The van der Waals surface area contributed by atoms with Crippen molar-refractivity contribution in [1.82, 2.24) is 4.98 Å². The fourth-order valence-corrected chi connectivity index (χ4v) is 2.55. The van der Waals surface area contributed by atoms with Gasteiger partial charge >= 0.3 is 0 Å². The van der Waals surface area contributed by atoms with Gasteiger partial charge in [-0.25, -0.2) is 13.8 Å². The Labute approximate surface area is 146 Å². The van der Waals surface area contributed by atoms with Gasteiger partial charge in [0.25, 0.3) is 0 Å². The molecule has 25 heavy (non-hydrogen) atoms. The quantitative estimate of drug-likeness (QED) is 0.514. The number of hydrogen-bond acceptors (Lipinski definition) is 6. The van der Waals surface area contributed by atoms with Crippen LogP contribution < -0.4 is 15.9 Å². The Balaban J connectivity index is 1.72. The lowest BCUT2D eigenvalue weighted by molar-refractivity contribution is 0.298. The van der Waals surface area contributed by atoms with Crippen LogP contribution in [0.5, 0.6) is 5.75 Å². The Morgan fingerprint density at radius 3 is 2.84 bits per heavy atom. The first-order chi connectivity index (χ1) is 12.1. The average Bonchev–Trinajstić information content (AvgIpc) is 3.01. The number of nitrogens with one attached hydrogen (secondary N) is 1. The van der Waals surface area contributed by atoms with Gasteiger partial charge in [-0.05, 0) is 18.2 Å². The molecule has 0 saturated carbocycles. The molecule has 2 aromatic carbocycles. The van der Waals surface area contributed by atoms with E-state index in [9.17, 15) is 8.78 Å². The van der Waals surface area contributed by atoms with Crippen LogP contribution >= 0.6 is 11.3 Å². The molecular formula is C17H14F2N4OS. The lowest BCUT2D eigenvalue weighted by Gasteiger charge is -2.10. The van der Waals surface area contributed by atoms with Gasteiger partial charge < -0.3 is 10.5 Å². The zero-order valence-electron chi connectivity index (χ0n) is 12.9.